The Bertz CT molecular complexity index is 387. The van der Waals surface area contributed by atoms with Crippen molar-refractivity contribution < 1.29 is 4.79 Å². The molecule has 0 saturated heterocycles. The molecule has 3 heteroatoms. The van der Waals surface area contributed by atoms with Gasteiger partial charge in [0, 0.05) is 26.1 Å². The maximum Gasteiger partial charge on any atom is 0.222 e. The van der Waals surface area contributed by atoms with Gasteiger partial charge < -0.3 is 10.6 Å². The summed E-state index contributed by atoms with van der Waals surface area (Å²) in [5.41, 5.74) is 6.90. The lowest BCUT2D eigenvalue weighted by molar-refractivity contribution is -0.132. The lowest BCUT2D eigenvalue weighted by Gasteiger charge is -2.29. The first-order valence-electron chi connectivity index (χ1n) is 7.31. The van der Waals surface area contributed by atoms with E-state index in [1.165, 1.54) is 24.8 Å². The third kappa shape index (κ3) is 4.35. The molecular weight excluding hydrogens is 236 g/mol. The summed E-state index contributed by atoms with van der Waals surface area (Å²) in [5, 5.41) is 0. The summed E-state index contributed by atoms with van der Waals surface area (Å²) in [6, 6.07) is 10.3. The second-order valence-corrected chi connectivity index (χ2v) is 5.41. The Labute approximate surface area is 115 Å². The van der Waals surface area contributed by atoms with Crippen LogP contribution in [0, 0.1) is 5.92 Å². The van der Waals surface area contributed by atoms with Crippen LogP contribution in [-0.4, -0.2) is 30.4 Å². The number of amides is 1. The molecule has 1 fully saturated rings. The van der Waals surface area contributed by atoms with Crippen LogP contribution in [0.1, 0.15) is 31.2 Å². The fourth-order valence-corrected chi connectivity index (χ4v) is 2.50. The first-order valence-corrected chi connectivity index (χ1v) is 7.31. The summed E-state index contributed by atoms with van der Waals surface area (Å²) >= 11 is 0. The number of hydrogen-bond donors (Lipinski definition) is 1. The minimum absolute atomic E-state index is 0.283. The van der Waals surface area contributed by atoms with Crippen LogP contribution in [0.2, 0.25) is 0 Å². The Kier molecular flexibility index (Phi) is 5.40. The Morgan fingerprint density at radius 2 is 1.95 bits per heavy atom. The van der Waals surface area contributed by atoms with Crippen LogP contribution in [0.25, 0.3) is 0 Å². The summed E-state index contributed by atoms with van der Waals surface area (Å²) in [5.74, 6) is 0.913. The van der Waals surface area contributed by atoms with E-state index in [9.17, 15) is 4.79 Å². The zero-order chi connectivity index (χ0) is 13.5. The van der Waals surface area contributed by atoms with Gasteiger partial charge in [0.15, 0.2) is 0 Å². The highest BCUT2D eigenvalue weighted by Gasteiger charge is 2.23. The molecular formula is C16H24N2O. The highest BCUT2D eigenvalue weighted by molar-refractivity contribution is 5.76. The van der Waals surface area contributed by atoms with E-state index in [1.54, 1.807) is 0 Å². The maximum atomic E-state index is 12.2. The van der Waals surface area contributed by atoms with Gasteiger partial charge in [0.25, 0.3) is 0 Å². The van der Waals surface area contributed by atoms with Crippen molar-refractivity contribution in [3.05, 3.63) is 35.9 Å². The van der Waals surface area contributed by atoms with E-state index >= 15 is 0 Å². The molecule has 104 valence electrons. The predicted octanol–water partition coefficient (Wildman–Crippen LogP) is 2.21. The topological polar surface area (TPSA) is 46.3 Å². The molecule has 0 spiro atoms. The zero-order valence-electron chi connectivity index (χ0n) is 11.6. The molecule has 0 unspecified atom stereocenters. The second kappa shape index (κ2) is 7.29. The molecule has 1 aliphatic carbocycles. The summed E-state index contributed by atoms with van der Waals surface area (Å²) in [4.78, 5) is 14.2. The molecule has 19 heavy (non-hydrogen) atoms. The number of rotatable bonds is 7. The van der Waals surface area contributed by atoms with Gasteiger partial charge in [-0.3, -0.25) is 4.79 Å². The Morgan fingerprint density at radius 3 is 2.53 bits per heavy atom. The fourth-order valence-electron chi connectivity index (χ4n) is 2.50. The second-order valence-electron chi connectivity index (χ2n) is 5.41. The molecule has 0 atom stereocenters. The van der Waals surface area contributed by atoms with Gasteiger partial charge in [0.2, 0.25) is 5.91 Å². The normalized spacial score (nSPS) is 15.0. The van der Waals surface area contributed by atoms with Crippen molar-refractivity contribution in [1.29, 1.82) is 0 Å². The largest absolute Gasteiger partial charge is 0.341 e. The van der Waals surface area contributed by atoms with E-state index in [0.29, 0.717) is 19.0 Å². The van der Waals surface area contributed by atoms with Crippen LogP contribution in [0.5, 0.6) is 0 Å². The Morgan fingerprint density at radius 1 is 1.21 bits per heavy atom. The average Bonchev–Trinajstić information content (AvgIpc) is 2.39. The van der Waals surface area contributed by atoms with Crippen molar-refractivity contribution in [3.63, 3.8) is 0 Å². The van der Waals surface area contributed by atoms with E-state index in [0.717, 1.165) is 19.4 Å². The van der Waals surface area contributed by atoms with Crippen LogP contribution in [0.4, 0.5) is 0 Å². The van der Waals surface area contributed by atoms with Gasteiger partial charge in [-0.25, -0.2) is 0 Å². The third-order valence-corrected chi connectivity index (χ3v) is 3.95. The maximum absolute atomic E-state index is 12.2. The van der Waals surface area contributed by atoms with Crippen molar-refractivity contribution in [2.24, 2.45) is 11.7 Å². The molecule has 1 aromatic carbocycles. The SMILES string of the molecule is NCCN(CCc1ccccc1)C(=O)CC1CCC1. The van der Waals surface area contributed by atoms with Crippen molar-refractivity contribution in [3.8, 4) is 0 Å². The van der Waals surface area contributed by atoms with Gasteiger partial charge in [-0.2, -0.15) is 0 Å². The minimum atomic E-state index is 0.283. The van der Waals surface area contributed by atoms with Gasteiger partial charge >= 0.3 is 0 Å². The molecule has 0 bridgehead atoms. The van der Waals surface area contributed by atoms with Gasteiger partial charge in [-0.05, 0) is 30.7 Å². The number of benzene rings is 1. The van der Waals surface area contributed by atoms with Crippen LogP contribution in [-0.2, 0) is 11.2 Å². The molecule has 1 saturated carbocycles. The Hall–Kier alpha value is -1.35. The lowest BCUT2D eigenvalue weighted by atomic mass is 9.82. The van der Waals surface area contributed by atoms with Gasteiger partial charge in [-0.15, -0.1) is 0 Å². The molecule has 0 aliphatic heterocycles. The smallest absolute Gasteiger partial charge is 0.222 e. The molecule has 1 aromatic rings. The highest BCUT2D eigenvalue weighted by atomic mass is 16.2. The van der Waals surface area contributed by atoms with Crippen molar-refractivity contribution in [2.45, 2.75) is 32.1 Å². The lowest BCUT2D eigenvalue weighted by Crippen LogP contribution is -2.38. The third-order valence-electron chi connectivity index (χ3n) is 3.95. The molecule has 0 radical (unpaired) electrons. The van der Waals surface area contributed by atoms with E-state index in [1.807, 2.05) is 23.1 Å². The molecule has 2 N–H and O–H groups in total. The number of nitrogens with zero attached hydrogens (tertiary/aromatic N) is 1. The predicted molar refractivity (Wildman–Crippen MR) is 77.7 cm³/mol. The van der Waals surface area contributed by atoms with E-state index in [4.69, 9.17) is 5.73 Å². The molecule has 1 amide bonds. The molecule has 0 aromatic heterocycles. The van der Waals surface area contributed by atoms with Crippen LogP contribution < -0.4 is 5.73 Å². The number of nitrogens with two attached hydrogens (primary N) is 1. The minimum Gasteiger partial charge on any atom is -0.341 e. The number of carbonyl (C=O) groups is 1. The quantitative estimate of drug-likeness (QED) is 0.817. The number of carbonyl (C=O) groups excluding carboxylic acids is 1. The van der Waals surface area contributed by atoms with Gasteiger partial charge in [-0.1, -0.05) is 36.8 Å². The van der Waals surface area contributed by atoms with Crippen molar-refractivity contribution >= 4 is 5.91 Å². The van der Waals surface area contributed by atoms with Crippen molar-refractivity contribution in [1.82, 2.24) is 4.90 Å². The van der Waals surface area contributed by atoms with Gasteiger partial charge in [0.1, 0.15) is 0 Å². The summed E-state index contributed by atoms with van der Waals surface area (Å²) in [7, 11) is 0. The standard InChI is InChI=1S/C16H24N2O/c17-10-12-18(16(19)13-15-7-4-8-15)11-9-14-5-2-1-3-6-14/h1-3,5-6,15H,4,7-13,17H2. The fraction of sp³-hybridized carbons (Fsp3) is 0.562. The monoisotopic (exact) mass is 260 g/mol. The zero-order valence-corrected chi connectivity index (χ0v) is 11.6. The molecule has 1 aliphatic rings. The van der Waals surface area contributed by atoms with E-state index in [2.05, 4.69) is 12.1 Å². The average molecular weight is 260 g/mol. The number of hydrogen-bond acceptors (Lipinski definition) is 2. The Balaban J connectivity index is 1.82. The van der Waals surface area contributed by atoms with Crippen LogP contribution >= 0.6 is 0 Å². The highest BCUT2D eigenvalue weighted by Crippen LogP contribution is 2.29. The molecule has 0 heterocycles. The van der Waals surface area contributed by atoms with Crippen LogP contribution in [0.15, 0.2) is 30.3 Å². The van der Waals surface area contributed by atoms with Gasteiger partial charge in [0.05, 0.1) is 0 Å². The summed E-state index contributed by atoms with van der Waals surface area (Å²) < 4.78 is 0. The molecule has 2 rings (SSSR count). The van der Waals surface area contributed by atoms with E-state index in [-0.39, 0.29) is 5.91 Å². The first kappa shape index (κ1) is 14.1. The van der Waals surface area contributed by atoms with Crippen molar-refractivity contribution in [2.75, 3.05) is 19.6 Å². The molecule has 3 nitrogen and oxygen atoms in total. The van der Waals surface area contributed by atoms with E-state index < -0.39 is 0 Å². The first-order chi connectivity index (χ1) is 9.29. The summed E-state index contributed by atoms with van der Waals surface area (Å²) in [6.45, 7) is 2.01. The summed E-state index contributed by atoms with van der Waals surface area (Å²) in [6.07, 6.45) is 5.37. The van der Waals surface area contributed by atoms with Crippen LogP contribution in [0.3, 0.4) is 0 Å².